The number of benzene rings is 1. The highest BCUT2D eigenvalue weighted by Crippen LogP contribution is 2.05. The van der Waals surface area contributed by atoms with Crippen LogP contribution in [0.5, 0.6) is 0 Å². The first kappa shape index (κ1) is 16.4. The van der Waals surface area contributed by atoms with Crippen LogP contribution in [-0.2, 0) is 11.2 Å². The number of hydrazone groups is 1. The largest absolute Gasteiger partial charge is 0.460 e. The fourth-order valence-corrected chi connectivity index (χ4v) is 1.77. The van der Waals surface area contributed by atoms with Crippen LogP contribution in [0.15, 0.2) is 52.0 Å². The SMILES string of the molecule is O=C(CNC(=O)c1ccccc1)N/N=C/c1ccc(CCO)o1. The Kier molecular flexibility index (Phi) is 6.07. The highest BCUT2D eigenvalue weighted by molar-refractivity contribution is 5.96. The summed E-state index contributed by atoms with van der Waals surface area (Å²) in [6.45, 7) is -0.180. The Balaban J connectivity index is 1.74. The van der Waals surface area contributed by atoms with Gasteiger partial charge in [-0.25, -0.2) is 5.43 Å². The van der Waals surface area contributed by atoms with E-state index in [0.717, 1.165) is 0 Å². The maximum absolute atomic E-state index is 11.7. The Hall–Kier alpha value is -2.93. The van der Waals surface area contributed by atoms with Gasteiger partial charge in [0.15, 0.2) is 0 Å². The standard InChI is InChI=1S/C16H17N3O4/c20-9-8-13-6-7-14(23-13)10-18-19-15(21)11-17-16(22)12-4-2-1-3-5-12/h1-7,10,20H,8-9,11H2,(H,17,22)(H,19,21)/b18-10+. The van der Waals surface area contributed by atoms with Crippen LogP contribution in [0.25, 0.3) is 0 Å². The third-order valence-corrected chi connectivity index (χ3v) is 2.87. The molecule has 0 bridgehead atoms. The van der Waals surface area contributed by atoms with E-state index in [9.17, 15) is 9.59 Å². The fraction of sp³-hybridized carbons (Fsp3) is 0.188. The van der Waals surface area contributed by atoms with E-state index in [0.29, 0.717) is 23.5 Å². The zero-order valence-electron chi connectivity index (χ0n) is 12.4. The van der Waals surface area contributed by atoms with E-state index in [1.165, 1.54) is 6.21 Å². The van der Waals surface area contributed by atoms with Crippen molar-refractivity contribution < 1.29 is 19.1 Å². The number of nitrogens with zero attached hydrogens (tertiary/aromatic N) is 1. The van der Waals surface area contributed by atoms with Gasteiger partial charge in [-0.15, -0.1) is 0 Å². The van der Waals surface area contributed by atoms with Gasteiger partial charge in [-0.2, -0.15) is 5.10 Å². The summed E-state index contributed by atoms with van der Waals surface area (Å²) >= 11 is 0. The van der Waals surface area contributed by atoms with E-state index in [2.05, 4.69) is 15.8 Å². The summed E-state index contributed by atoms with van der Waals surface area (Å²) in [6, 6.07) is 12.0. The minimum absolute atomic E-state index is 0.00193. The Labute approximate surface area is 133 Å². The van der Waals surface area contributed by atoms with Crippen molar-refractivity contribution in [2.75, 3.05) is 13.2 Å². The number of furan rings is 1. The molecule has 23 heavy (non-hydrogen) atoms. The zero-order chi connectivity index (χ0) is 16.5. The van der Waals surface area contributed by atoms with Crippen LogP contribution >= 0.6 is 0 Å². The van der Waals surface area contributed by atoms with Gasteiger partial charge in [-0.1, -0.05) is 18.2 Å². The van der Waals surface area contributed by atoms with Crippen molar-refractivity contribution in [1.29, 1.82) is 0 Å². The molecule has 0 fully saturated rings. The summed E-state index contributed by atoms with van der Waals surface area (Å²) in [6.07, 6.45) is 1.77. The van der Waals surface area contributed by atoms with Crippen molar-refractivity contribution in [1.82, 2.24) is 10.7 Å². The third-order valence-electron chi connectivity index (χ3n) is 2.87. The van der Waals surface area contributed by atoms with Crippen LogP contribution in [0.2, 0.25) is 0 Å². The quantitative estimate of drug-likeness (QED) is 0.516. The summed E-state index contributed by atoms with van der Waals surface area (Å²) in [4.78, 5) is 23.3. The van der Waals surface area contributed by atoms with Gasteiger partial charge in [0.05, 0.1) is 19.4 Å². The third kappa shape index (κ3) is 5.40. The van der Waals surface area contributed by atoms with Crippen LogP contribution < -0.4 is 10.7 Å². The molecule has 1 aromatic carbocycles. The number of aliphatic hydroxyl groups is 1. The monoisotopic (exact) mass is 315 g/mol. The van der Waals surface area contributed by atoms with Gasteiger partial charge in [0.25, 0.3) is 11.8 Å². The first-order valence-electron chi connectivity index (χ1n) is 7.04. The second-order valence-electron chi connectivity index (χ2n) is 4.62. The van der Waals surface area contributed by atoms with E-state index < -0.39 is 5.91 Å². The molecule has 0 unspecified atom stereocenters. The minimum Gasteiger partial charge on any atom is -0.460 e. The normalized spacial score (nSPS) is 10.7. The maximum atomic E-state index is 11.7. The fourth-order valence-electron chi connectivity index (χ4n) is 1.77. The van der Waals surface area contributed by atoms with Gasteiger partial charge >= 0.3 is 0 Å². The van der Waals surface area contributed by atoms with Crippen molar-refractivity contribution in [2.45, 2.75) is 6.42 Å². The lowest BCUT2D eigenvalue weighted by Gasteiger charge is -2.03. The highest BCUT2D eigenvalue weighted by atomic mass is 16.3. The number of aliphatic hydroxyl groups excluding tert-OH is 1. The first-order chi connectivity index (χ1) is 11.2. The minimum atomic E-state index is -0.451. The molecule has 1 heterocycles. The molecule has 0 aliphatic heterocycles. The molecule has 0 radical (unpaired) electrons. The molecular weight excluding hydrogens is 298 g/mol. The van der Waals surface area contributed by atoms with Gasteiger partial charge in [-0.3, -0.25) is 9.59 Å². The van der Waals surface area contributed by atoms with Crippen molar-refractivity contribution in [3.05, 3.63) is 59.5 Å². The average molecular weight is 315 g/mol. The molecule has 120 valence electrons. The summed E-state index contributed by atoms with van der Waals surface area (Å²) < 4.78 is 5.33. The van der Waals surface area contributed by atoms with Crippen LogP contribution in [0.4, 0.5) is 0 Å². The van der Waals surface area contributed by atoms with Gasteiger partial charge in [0.1, 0.15) is 11.5 Å². The molecule has 0 aliphatic rings. The van der Waals surface area contributed by atoms with E-state index in [-0.39, 0.29) is 19.1 Å². The van der Waals surface area contributed by atoms with Crippen molar-refractivity contribution in [3.63, 3.8) is 0 Å². The van der Waals surface area contributed by atoms with E-state index >= 15 is 0 Å². The Morgan fingerprint density at radius 3 is 2.70 bits per heavy atom. The predicted molar refractivity (Wildman–Crippen MR) is 84.0 cm³/mol. The maximum Gasteiger partial charge on any atom is 0.259 e. The van der Waals surface area contributed by atoms with Crippen molar-refractivity contribution in [2.24, 2.45) is 5.10 Å². The number of nitrogens with one attached hydrogen (secondary N) is 2. The molecule has 1 aromatic heterocycles. The molecular formula is C16H17N3O4. The van der Waals surface area contributed by atoms with Crippen LogP contribution in [0.3, 0.4) is 0 Å². The molecule has 0 spiro atoms. The molecule has 2 aromatic rings. The van der Waals surface area contributed by atoms with Crippen molar-refractivity contribution in [3.8, 4) is 0 Å². The smallest absolute Gasteiger partial charge is 0.259 e. The van der Waals surface area contributed by atoms with Crippen molar-refractivity contribution >= 4 is 18.0 Å². The molecule has 0 saturated carbocycles. The first-order valence-corrected chi connectivity index (χ1v) is 7.04. The average Bonchev–Trinajstić information content (AvgIpc) is 3.01. The topological polar surface area (TPSA) is 104 Å². The number of carbonyl (C=O) groups is 2. The van der Waals surface area contributed by atoms with E-state index in [1.807, 2.05) is 0 Å². The van der Waals surface area contributed by atoms with Gasteiger partial charge in [-0.05, 0) is 24.3 Å². The van der Waals surface area contributed by atoms with E-state index in [1.54, 1.807) is 42.5 Å². The summed E-state index contributed by atoms with van der Waals surface area (Å²) in [7, 11) is 0. The number of hydrogen-bond donors (Lipinski definition) is 3. The van der Waals surface area contributed by atoms with Gasteiger partial charge in [0, 0.05) is 12.0 Å². The lowest BCUT2D eigenvalue weighted by atomic mass is 10.2. The second-order valence-corrected chi connectivity index (χ2v) is 4.62. The Bertz CT molecular complexity index is 680. The molecule has 2 rings (SSSR count). The number of carbonyl (C=O) groups excluding carboxylic acids is 2. The van der Waals surface area contributed by atoms with Gasteiger partial charge < -0.3 is 14.8 Å². The zero-order valence-corrected chi connectivity index (χ0v) is 12.4. The lowest BCUT2D eigenvalue weighted by Crippen LogP contribution is -2.34. The molecule has 0 aliphatic carbocycles. The summed E-state index contributed by atoms with van der Waals surface area (Å²) in [5, 5.41) is 15.0. The van der Waals surface area contributed by atoms with Crippen LogP contribution in [-0.4, -0.2) is 36.3 Å². The van der Waals surface area contributed by atoms with Crippen LogP contribution in [0.1, 0.15) is 21.9 Å². The lowest BCUT2D eigenvalue weighted by molar-refractivity contribution is -0.120. The number of rotatable bonds is 7. The van der Waals surface area contributed by atoms with Crippen LogP contribution in [0, 0.1) is 0 Å². The van der Waals surface area contributed by atoms with Gasteiger partial charge in [0.2, 0.25) is 0 Å². The van der Waals surface area contributed by atoms with E-state index in [4.69, 9.17) is 9.52 Å². The molecule has 0 saturated heterocycles. The molecule has 2 amide bonds. The summed E-state index contributed by atoms with van der Waals surface area (Å²) in [5.41, 5.74) is 2.77. The molecule has 7 heteroatoms. The second kappa shape index (κ2) is 8.50. The number of amides is 2. The highest BCUT2D eigenvalue weighted by Gasteiger charge is 2.06. The molecule has 0 atom stereocenters. The predicted octanol–water partition coefficient (Wildman–Crippen LogP) is 0.694. The molecule has 3 N–H and O–H groups in total. The molecule has 7 nitrogen and oxygen atoms in total. The Morgan fingerprint density at radius 1 is 1.17 bits per heavy atom. The number of hydrogen-bond acceptors (Lipinski definition) is 5. The summed E-state index contributed by atoms with van der Waals surface area (Å²) in [5.74, 6) is 0.314. The Morgan fingerprint density at radius 2 is 1.96 bits per heavy atom.